The van der Waals surface area contributed by atoms with E-state index in [-0.39, 0.29) is 23.6 Å². The highest BCUT2D eigenvalue weighted by Crippen LogP contribution is 2.14. The highest BCUT2D eigenvalue weighted by molar-refractivity contribution is 5.94. The molecule has 2 aromatic carbocycles. The summed E-state index contributed by atoms with van der Waals surface area (Å²) in [6, 6.07) is 16.1. The minimum absolute atomic E-state index is 0.228. The largest absolute Gasteiger partial charge is 0.366 e. The Bertz CT molecular complexity index is 1020. The monoisotopic (exact) mass is 349 g/mol. The lowest BCUT2D eigenvalue weighted by atomic mass is 10.0. The lowest BCUT2D eigenvalue weighted by molar-refractivity contribution is -0.116. The zero-order valence-electron chi connectivity index (χ0n) is 14.1. The van der Waals surface area contributed by atoms with Crippen molar-refractivity contribution >= 4 is 28.4 Å². The van der Waals surface area contributed by atoms with Crippen LogP contribution in [0.1, 0.15) is 28.8 Å². The number of H-pyrrole nitrogens is 1. The molecule has 4 N–H and O–H groups in total. The second-order valence-corrected chi connectivity index (χ2v) is 6.02. The number of benzene rings is 2. The van der Waals surface area contributed by atoms with Gasteiger partial charge in [-0.3, -0.25) is 14.4 Å². The molecule has 0 radical (unpaired) electrons. The molecule has 2 amide bonds. The van der Waals surface area contributed by atoms with Crippen molar-refractivity contribution in [1.29, 1.82) is 0 Å². The van der Waals surface area contributed by atoms with Crippen LogP contribution in [-0.2, 0) is 11.2 Å². The lowest BCUT2D eigenvalue weighted by Gasteiger charge is -2.08. The number of hydrogen-bond acceptors (Lipinski definition) is 3. The molecule has 0 unspecified atom stereocenters. The first-order valence-corrected chi connectivity index (χ1v) is 8.34. The molecule has 3 aromatic rings. The Morgan fingerprint density at radius 1 is 1.04 bits per heavy atom. The molecule has 0 atom stereocenters. The minimum atomic E-state index is -0.479. The first-order chi connectivity index (χ1) is 12.5. The number of anilines is 1. The van der Waals surface area contributed by atoms with Crippen molar-refractivity contribution in [1.82, 2.24) is 4.98 Å². The predicted molar refractivity (Wildman–Crippen MR) is 101 cm³/mol. The van der Waals surface area contributed by atoms with Gasteiger partial charge >= 0.3 is 0 Å². The summed E-state index contributed by atoms with van der Waals surface area (Å²) >= 11 is 0. The number of aromatic nitrogens is 1. The van der Waals surface area contributed by atoms with Crippen molar-refractivity contribution < 1.29 is 9.59 Å². The molecule has 0 fully saturated rings. The normalized spacial score (nSPS) is 10.6. The van der Waals surface area contributed by atoms with E-state index in [1.165, 1.54) is 0 Å². The van der Waals surface area contributed by atoms with Crippen molar-refractivity contribution in [3.63, 3.8) is 0 Å². The van der Waals surface area contributed by atoms with Crippen molar-refractivity contribution in [3.05, 3.63) is 76.1 Å². The molecular weight excluding hydrogens is 330 g/mol. The Morgan fingerprint density at radius 3 is 2.58 bits per heavy atom. The number of primary amides is 1. The highest BCUT2D eigenvalue weighted by atomic mass is 16.2. The third-order valence-electron chi connectivity index (χ3n) is 4.16. The van der Waals surface area contributed by atoms with E-state index in [9.17, 15) is 14.4 Å². The molecule has 0 saturated carbocycles. The summed E-state index contributed by atoms with van der Waals surface area (Å²) in [5.41, 5.74) is 7.25. The van der Waals surface area contributed by atoms with Gasteiger partial charge in [0.05, 0.1) is 0 Å². The molecule has 0 aliphatic carbocycles. The number of fused-ring (bicyclic) bond motifs is 1. The molecule has 0 aliphatic rings. The standard InChI is InChI=1S/C20H19N3O3/c21-19(25)15-9-3-1-6-13(15)8-5-11-18(24)22-17-12-14-7-2-4-10-16(14)23-20(17)26/h1-4,6-7,9-10,12H,5,8,11H2,(H2,21,25)(H,22,24)(H,23,26). The summed E-state index contributed by atoms with van der Waals surface area (Å²) in [5, 5.41) is 3.50. The maximum absolute atomic E-state index is 12.2. The Labute approximate surface area is 150 Å². The van der Waals surface area contributed by atoms with Crippen LogP contribution in [0.5, 0.6) is 0 Å². The van der Waals surface area contributed by atoms with Gasteiger partial charge in [-0.1, -0.05) is 36.4 Å². The van der Waals surface area contributed by atoms with Gasteiger partial charge in [-0.2, -0.15) is 0 Å². The number of nitrogens with two attached hydrogens (primary N) is 1. The summed E-state index contributed by atoms with van der Waals surface area (Å²) in [6.45, 7) is 0. The van der Waals surface area contributed by atoms with Crippen LogP contribution in [-0.4, -0.2) is 16.8 Å². The van der Waals surface area contributed by atoms with Crippen molar-refractivity contribution in [2.75, 3.05) is 5.32 Å². The van der Waals surface area contributed by atoms with E-state index in [1.54, 1.807) is 24.3 Å². The van der Waals surface area contributed by atoms with Crippen LogP contribution in [0.2, 0.25) is 0 Å². The van der Waals surface area contributed by atoms with Gasteiger partial charge in [0.1, 0.15) is 5.69 Å². The maximum atomic E-state index is 12.2. The van der Waals surface area contributed by atoms with E-state index >= 15 is 0 Å². The molecule has 3 rings (SSSR count). The summed E-state index contributed by atoms with van der Waals surface area (Å²) in [7, 11) is 0. The number of aryl methyl sites for hydroxylation is 1. The van der Waals surface area contributed by atoms with Crippen LogP contribution in [0, 0.1) is 0 Å². The van der Waals surface area contributed by atoms with Crippen LogP contribution < -0.4 is 16.6 Å². The van der Waals surface area contributed by atoms with Crippen LogP contribution in [0.4, 0.5) is 5.69 Å². The SMILES string of the molecule is NC(=O)c1ccccc1CCCC(=O)Nc1cc2ccccc2[nH]c1=O. The lowest BCUT2D eigenvalue weighted by Crippen LogP contribution is -2.19. The second kappa shape index (κ2) is 7.65. The van der Waals surface area contributed by atoms with Gasteiger partial charge in [-0.15, -0.1) is 0 Å². The van der Waals surface area contributed by atoms with Gasteiger partial charge in [-0.05, 0) is 36.6 Å². The van der Waals surface area contributed by atoms with E-state index in [2.05, 4.69) is 10.3 Å². The molecule has 0 saturated heterocycles. The smallest absolute Gasteiger partial charge is 0.272 e. The fraction of sp³-hybridized carbons (Fsp3) is 0.150. The second-order valence-electron chi connectivity index (χ2n) is 6.02. The van der Waals surface area contributed by atoms with Crippen LogP contribution >= 0.6 is 0 Å². The molecule has 1 aromatic heterocycles. The Morgan fingerprint density at radius 2 is 1.77 bits per heavy atom. The molecule has 6 heteroatoms. The molecule has 1 heterocycles. The number of para-hydroxylation sites is 1. The van der Waals surface area contributed by atoms with E-state index in [0.717, 1.165) is 16.5 Å². The van der Waals surface area contributed by atoms with Crippen molar-refractivity contribution in [2.24, 2.45) is 5.73 Å². The number of carbonyl (C=O) groups excluding carboxylic acids is 2. The zero-order valence-corrected chi connectivity index (χ0v) is 14.1. The maximum Gasteiger partial charge on any atom is 0.272 e. The first kappa shape index (κ1) is 17.4. The van der Waals surface area contributed by atoms with Gasteiger partial charge in [0.15, 0.2) is 0 Å². The molecule has 26 heavy (non-hydrogen) atoms. The van der Waals surface area contributed by atoms with Crippen LogP contribution in [0.15, 0.2) is 59.4 Å². The van der Waals surface area contributed by atoms with Gasteiger partial charge < -0.3 is 16.0 Å². The average Bonchev–Trinajstić information content (AvgIpc) is 2.62. The van der Waals surface area contributed by atoms with E-state index < -0.39 is 5.91 Å². The van der Waals surface area contributed by atoms with Crippen LogP contribution in [0.25, 0.3) is 10.9 Å². The topological polar surface area (TPSA) is 105 Å². The summed E-state index contributed by atoms with van der Waals surface area (Å²) in [6.07, 6.45) is 1.33. The number of rotatable bonds is 6. The number of nitrogens with one attached hydrogen (secondary N) is 2. The Kier molecular flexibility index (Phi) is 5.12. The fourth-order valence-corrected chi connectivity index (χ4v) is 2.87. The summed E-state index contributed by atoms with van der Waals surface area (Å²) in [4.78, 5) is 38.4. The molecular formula is C20H19N3O3. The number of hydrogen-bond donors (Lipinski definition) is 3. The zero-order chi connectivity index (χ0) is 18.5. The number of carbonyl (C=O) groups is 2. The predicted octanol–water partition coefficient (Wildman–Crippen LogP) is 2.59. The first-order valence-electron chi connectivity index (χ1n) is 8.34. The van der Waals surface area contributed by atoms with E-state index in [4.69, 9.17) is 5.73 Å². The van der Waals surface area contributed by atoms with Crippen LogP contribution in [0.3, 0.4) is 0 Å². The highest BCUT2D eigenvalue weighted by Gasteiger charge is 2.10. The number of aromatic amines is 1. The number of amides is 2. The molecule has 0 spiro atoms. The summed E-state index contributed by atoms with van der Waals surface area (Å²) < 4.78 is 0. The van der Waals surface area contributed by atoms with Gasteiger partial charge in [0.2, 0.25) is 11.8 Å². The quantitative estimate of drug-likeness (QED) is 0.637. The van der Waals surface area contributed by atoms with Crippen molar-refractivity contribution in [3.8, 4) is 0 Å². The Hall–Kier alpha value is -3.41. The number of pyridine rings is 1. The summed E-state index contributed by atoms with van der Waals surface area (Å²) in [5.74, 6) is -0.727. The molecule has 0 aliphatic heterocycles. The van der Waals surface area contributed by atoms with Gasteiger partial charge in [0.25, 0.3) is 5.56 Å². The third-order valence-corrected chi connectivity index (χ3v) is 4.16. The molecule has 132 valence electrons. The third kappa shape index (κ3) is 3.97. The fourth-order valence-electron chi connectivity index (χ4n) is 2.87. The minimum Gasteiger partial charge on any atom is -0.366 e. The molecule has 6 nitrogen and oxygen atoms in total. The molecule has 0 bridgehead atoms. The van der Waals surface area contributed by atoms with E-state index in [1.807, 2.05) is 30.3 Å². The average molecular weight is 349 g/mol. The van der Waals surface area contributed by atoms with E-state index in [0.29, 0.717) is 18.4 Å². The Balaban J connectivity index is 1.62. The van der Waals surface area contributed by atoms with Gasteiger partial charge in [0, 0.05) is 22.9 Å². The van der Waals surface area contributed by atoms with Crippen molar-refractivity contribution in [2.45, 2.75) is 19.3 Å². The van der Waals surface area contributed by atoms with Gasteiger partial charge in [-0.25, -0.2) is 0 Å².